The molecule has 4 nitrogen and oxygen atoms in total. The second-order valence-corrected chi connectivity index (χ2v) is 8.18. The molecule has 2 aliphatic carbocycles. The van der Waals surface area contributed by atoms with E-state index in [-0.39, 0.29) is 0 Å². The third-order valence-corrected chi connectivity index (χ3v) is 6.22. The van der Waals surface area contributed by atoms with Gasteiger partial charge in [-0.05, 0) is 60.1 Å². The summed E-state index contributed by atoms with van der Waals surface area (Å²) in [6.45, 7) is 0. The molecule has 0 bridgehead atoms. The molecule has 0 radical (unpaired) electrons. The summed E-state index contributed by atoms with van der Waals surface area (Å²) in [5.74, 6) is 0.428. The van der Waals surface area contributed by atoms with Gasteiger partial charge in [0.15, 0.2) is 0 Å². The van der Waals surface area contributed by atoms with Crippen molar-refractivity contribution in [2.45, 2.75) is 51.4 Å². The predicted molar refractivity (Wildman–Crippen MR) is 98.3 cm³/mol. The van der Waals surface area contributed by atoms with Gasteiger partial charge in [-0.15, -0.1) is 5.06 Å². The highest BCUT2D eigenvalue weighted by atomic mass is 16.5. The molecule has 26 heavy (non-hydrogen) atoms. The number of imide groups is 1. The SMILES string of the molecule is O=C1c2ccc(CCC3CC3)c3ccc(CCC4CC4)c(c23)C(=O)N1O. The maximum absolute atomic E-state index is 12.7. The van der Waals surface area contributed by atoms with E-state index in [2.05, 4.69) is 6.07 Å². The fourth-order valence-electron chi connectivity index (χ4n) is 4.24. The minimum atomic E-state index is -0.611. The van der Waals surface area contributed by atoms with Gasteiger partial charge in [-0.25, -0.2) is 0 Å². The summed E-state index contributed by atoms with van der Waals surface area (Å²) in [4.78, 5) is 25.2. The van der Waals surface area contributed by atoms with E-state index in [1.807, 2.05) is 12.1 Å². The summed E-state index contributed by atoms with van der Waals surface area (Å²) in [5.41, 5.74) is 3.15. The van der Waals surface area contributed by atoms with Crippen molar-refractivity contribution in [1.29, 1.82) is 0 Å². The van der Waals surface area contributed by atoms with Gasteiger partial charge in [-0.1, -0.05) is 43.9 Å². The van der Waals surface area contributed by atoms with E-state index >= 15 is 0 Å². The van der Waals surface area contributed by atoms with Crippen molar-refractivity contribution in [3.63, 3.8) is 0 Å². The van der Waals surface area contributed by atoms with Gasteiger partial charge in [0.1, 0.15) is 0 Å². The first-order chi connectivity index (χ1) is 12.6. The lowest BCUT2D eigenvalue weighted by Crippen LogP contribution is -2.38. The van der Waals surface area contributed by atoms with E-state index < -0.39 is 11.8 Å². The molecule has 2 aromatic rings. The number of hydroxylamine groups is 2. The van der Waals surface area contributed by atoms with Crippen LogP contribution >= 0.6 is 0 Å². The number of nitrogens with zero attached hydrogens (tertiary/aromatic N) is 1. The Morgan fingerprint density at radius 3 is 2.12 bits per heavy atom. The number of hydrogen-bond acceptors (Lipinski definition) is 3. The Morgan fingerprint density at radius 2 is 1.46 bits per heavy atom. The molecule has 1 aliphatic heterocycles. The third kappa shape index (κ3) is 2.64. The first-order valence-corrected chi connectivity index (χ1v) is 9.78. The zero-order chi connectivity index (χ0) is 17.8. The molecular weight excluding hydrogens is 326 g/mol. The molecule has 1 heterocycles. The van der Waals surface area contributed by atoms with Crippen LogP contribution in [0.25, 0.3) is 10.8 Å². The molecule has 0 saturated heterocycles. The van der Waals surface area contributed by atoms with Crippen molar-refractivity contribution in [2.75, 3.05) is 0 Å². The van der Waals surface area contributed by atoms with Crippen molar-refractivity contribution in [2.24, 2.45) is 11.8 Å². The van der Waals surface area contributed by atoms with Gasteiger partial charge in [-0.2, -0.15) is 0 Å². The smallest absolute Gasteiger partial charge is 0.278 e. The van der Waals surface area contributed by atoms with Gasteiger partial charge in [0.05, 0.1) is 11.1 Å². The van der Waals surface area contributed by atoms with Crippen LogP contribution in [-0.4, -0.2) is 22.1 Å². The summed E-state index contributed by atoms with van der Waals surface area (Å²) in [6, 6.07) is 7.90. The van der Waals surface area contributed by atoms with Crippen LogP contribution in [0.2, 0.25) is 0 Å². The van der Waals surface area contributed by atoms with Gasteiger partial charge >= 0.3 is 0 Å². The molecule has 2 saturated carbocycles. The minimum Gasteiger partial charge on any atom is -0.278 e. The third-order valence-electron chi connectivity index (χ3n) is 6.22. The molecule has 1 N–H and O–H groups in total. The lowest BCUT2D eigenvalue weighted by molar-refractivity contribution is -0.0378. The minimum absolute atomic E-state index is 0.293. The molecule has 0 aromatic heterocycles. The largest absolute Gasteiger partial charge is 0.285 e. The van der Waals surface area contributed by atoms with Crippen molar-refractivity contribution in [1.82, 2.24) is 5.06 Å². The van der Waals surface area contributed by atoms with E-state index in [1.54, 1.807) is 6.07 Å². The van der Waals surface area contributed by atoms with Gasteiger partial charge in [-0.3, -0.25) is 14.8 Å². The number of carbonyl (C=O) groups is 2. The number of carbonyl (C=O) groups excluding carboxylic acids is 2. The number of benzene rings is 2. The molecule has 134 valence electrons. The Bertz CT molecular complexity index is 925. The summed E-state index contributed by atoms with van der Waals surface area (Å²) >= 11 is 0. The Kier molecular flexibility index (Phi) is 3.64. The van der Waals surface area contributed by atoms with Crippen LogP contribution in [0.5, 0.6) is 0 Å². The first kappa shape index (κ1) is 16.0. The number of aryl methyl sites for hydroxylation is 2. The van der Waals surface area contributed by atoms with E-state index in [9.17, 15) is 14.8 Å². The van der Waals surface area contributed by atoms with Crippen molar-refractivity contribution < 1.29 is 14.8 Å². The Balaban J connectivity index is 1.64. The molecule has 2 fully saturated rings. The summed E-state index contributed by atoms with van der Waals surface area (Å²) in [7, 11) is 0. The average Bonchev–Trinajstić information content (AvgIpc) is 3.55. The molecule has 5 rings (SSSR count). The predicted octanol–water partition coefficient (Wildman–Crippen LogP) is 4.51. The van der Waals surface area contributed by atoms with Gasteiger partial charge in [0.2, 0.25) is 0 Å². The van der Waals surface area contributed by atoms with Crippen LogP contribution in [0.1, 0.15) is 70.4 Å². The van der Waals surface area contributed by atoms with Crippen molar-refractivity contribution in [3.8, 4) is 0 Å². The monoisotopic (exact) mass is 349 g/mol. The molecular formula is C22H23NO3. The van der Waals surface area contributed by atoms with Gasteiger partial charge in [0, 0.05) is 5.39 Å². The van der Waals surface area contributed by atoms with Crippen LogP contribution in [0.4, 0.5) is 0 Å². The molecule has 0 atom stereocenters. The second kappa shape index (κ2) is 5.92. The zero-order valence-electron chi connectivity index (χ0n) is 14.8. The Labute approximate surface area is 152 Å². The highest BCUT2D eigenvalue weighted by Gasteiger charge is 2.35. The highest BCUT2D eigenvalue weighted by molar-refractivity contribution is 6.25. The quantitative estimate of drug-likeness (QED) is 0.616. The van der Waals surface area contributed by atoms with E-state index in [4.69, 9.17) is 0 Å². The summed E-state index contributed by atoms with van der Waals surface area (Å²) in [6.07, 6.45) is 9.24. The maximum Gasteiger partial charge on any atom is 0.285 e. The molecule has 2 aromatic carbocycles. The Hall–Kier alpha value is -2.20. The lowest BCUT2D eigenvalue weighted by Gasteiger charge is -2.25. The fourth-order valence-corrected chi connectivity index (χ4v) is 4.24. The normalized spacial score (nSPS) is 19.5. The van der Waals surface area contributed by atoms with Crippen LogP contribution in [0.3, 0.4) is 0 Å². The summed E-state index contributed by atoms with van der Waals surface area (Å²) < 4.78 is 0. The van der Waals surface area contributed by atoms with Crippen molar-refractivity contribution >= 4 is 22.6 Å². The van der Waals surface area contributed by atoms with Gasteiger partial charge < -0.3 is 0 Å². The maximum atomic E-state index is 12.7. The van der Waals surface area contributed by atoms with Crippen LogP contribution in [0.15, 0.2) is 24.3 Å². The van der Waals surface area contributed by atoms with Crippen LogP contribution in [0, 0.1) is 11.8 Å². The molecule has 0 spiro atoms. The topological polar surface area (TPSA) is 57.6 Å². The van der Waals surface area contributed by atoms with Crippen LogP contribution in [-0.2, 0) is 12.8 Å². The molecule has 3 aliphatic rings. The molecule has 0 unspecified atom stereocenters. The number of amides is 2. The van der Waals surface area contributed by atoms with E-state index in [0.29, 0.717) is 16.2 Å². The number of rotatable bonds is 6. The average molecular weight is 349 g/mol. The van der Waals surface area contributed by atoms with Crippen molar-refractivity contribution in [3.05, 3.63) is 46.5 Å². The summed E-state index contributed by atoms with van der Waals surface area (Å²) in [5, 5.41) is 12.1. The number of hydrogen-bond donors (Lipinski definition) is 1. The molecule has 4 heteroatoms. The second-order valence-electron chi connectivity index (χ2n) is 8.18. The highest BCUT2D eigenvalue weighted by Crippen LogP contribution is 2.39. The van der Waals surface area contributed by atoms with Crippen LogP contribution < -0.4 is 0 Å². The fraction of sp³-hybridized carbons (Fsp3) is 0.455. The molecule has 2 amide bonds. The standard InChI is InChI=1S/C22H23NO3/c24-21-18-12-9-15(7-5-13-1-2-13)17-11-10-16(8-6-14-3-4-14)19(20(17)18)22(25)23(21)26/h9-14,26H,1-8H2. The Morgan fingerprint density at radius 1 is 0.846 bits per heavy atom. The van der Waals surface area contributed by atoms with Gasteiger partial charge in [0.25, 0.3) is 11.8 Å². The first-order valence-electron chi connectivity index (χ1n) is 9.78. The van der Waals surface area contributed by atoms with E-state index in [1.165, 1.54) is 37.7 Å². The zero-order valence-corrected chi connectivity index (χ0v) is 14.8. The van der Waals surface area contributed by atoms with E-state index in [0.717, 1.165) is 47.4 Å². The lowest BCUT2D eigenvalue weighted by atomic mass is 9.86.